The number of nitrogens with zero attached hydrogens (tertiary/aromatic N) is 5. The van der Waals surface area contributed by atoms with Crippen molar-refractivity contribution in [3.8, 4) is 61.2 Å². The Bertz CT molecular complexity index is 4020. The summed E-state index contributed by atoms with van der Waals surface area (Å²) in [7, 11) is 10.7. The number of ketones is 3. The number of benzene rings is 3. The predicted octanol–water partition coefficient (Wildman–Crippen LogP) is 6.66. The molecule has 528 valence electrons. The molecule has 0 aliphatic rings. The second kappa shape index (κ2) is 50.5. The fraction of sp³-hybridized carbons (Fsp3) is 0.311. The number of hydrogen-bond donors (Lipinski definition) is 3. The fourth-order valence-corrected chi connectivity index (χ4v) is 10.5. The third kappa shape index (κ3) is 37.1. The van der Waals surface area contributed by atoms with Crippen molar-refractivity contribution in [2.24, 2.45) is 0 Å². The molecule has 0 saturated heterocycles. The number of ether oxygens (including phenoxy) is 9. The van der Waals surface area contributed by atoms with E-state index in [0.717, 1.165) is 10.9 Å². The molecule has 0 amide bonds. The number of H-pyrrole nitrogens is 1. The number of aliphatic hydroxyl groups is 1. The van der Waals surface area contributed by atoms with Crippen LogP contribution in [0.25, 0.3) is 22.3 Å². The van der Waals surface area contributed by atoms with Crippen LogP contribution in [0.15, 0.2) is 78.1 Å². The molecule has 6 heterocycles. The summed E-state index contributed by atoms with van der Waals surface area (Å²) in [6, 6.07) is 11.3. The average molecular weight is 1610 g/mol. The SMILES string of the molecule is CC(C)(C)O.CC(C)(C)[O-].COc1ccc(C(C)=O)c(N)c1Cl.COc1nc(-c2cc(=O)c3ccc(OC)c(Cl)c3[nH]2)cs1.COc1nc(C(=O)Cc2c(C(C)=O)ccc(OC)c2Cl)cs1.COc1nc(C)cs1.COc1nc(OC=O)cs1.O=C=O.O=COc1csc(Br)n1.[K+].[Li+].[OH-]. The predicted molar refractivity (Wildman–Crippen MR) is 375 cm³/mol. The van der Waals surface area contributed by atoms with Crippen LogP contribution < -0.4 is 129 Å². The number of aromatic nitrogens is 6. The Morgan fingerprint density at radius 3 is 1.47 bits per heavy atom. The zero-order chi connectivity index (χ0) is 73.0. The zero-order valence-electron chi connectivity index (χ0n) is 56.9. The molecule has 3 aromatic carbocycles. The number of methoxy groups -OCH3 is 7. The molecule has 0 saturated carbocycles. The molecule has 0 bridgehead atoms. The maximum atomic E-state index is 12.3. The summed E-state index contributed by atoms with van der Waals surface area (Å²) < 4.78 is 44.4. The molecule has 0 atom stereocenters. The van der Waals surface area contributed by atoms with Crippen molar-refractivity contribution in [3.63, 3.8) is 0 Å². The van der Waals surface area contributed by atoms with Gasteiger partial charge in [0, 0.05) is 45.1 Å². The second-order valence-electron chi connectivity index (χ2n) is 19.7. The van der Waals surface area contributed by atoms with Gasteiger partial charge in [0.2, 0.25) is 11.8 Å². The monoisotopic (exact) mass is 1610 g/mol. The largest absolute Gasteiger partial charge is 1.00 e. The number of nitrogens with two attached hydrogens (primary N) is 1. The maximum Gasteiger partial charge on any atom is 1.00 e. The number of carbonyl (C=O) groups is 5. The summed E-state index contributed by atoms with van der Waals surface area (Å²) in [5, 5.41) is 30.8. The first kappa shape index (κ1) is 97.4. The van der Waals surface area contributed by atoms with E-state index in [1.54, 1.807) is 108 Å². The average Bonchev–Trinajstić information content (AvgIpc) is 0.978. The minimum Gasteiger partial charge on any atom is -0.870 e. The quantitative estimate of drug-likeness (QED) is 0.0371. The molecule has 27 nitrogen and oxygen atoms in total. The Morgan fingerprint density at radius 2 is 1.06 bits per heavy atom. The molecule has 5 N–H and O–H groups in total. The van der Waals surface area contributed by atoms with Crippen LogP contribution >= 0.6 is 107 Å². The van der Waals surface area contributed by atoms with E-state index in [0.29, 0.717) is 99.6 Å². The van der Waals surface area contributed by atoms with Crippen LogP contribution in [-0.4, -0.2) is 138 Å². The van der Waals surface area contributed by atoms with E-state index in [1.807, 2.05) is 17.7 Å². The van der Waals surface area contributed by atoms with Crippen LogP contribution in [0.3, 0.4) is 0 Å². The van der Waals surface area contributed by atoms with Gasteiger partial charge in [-0.25, -0.2) is 9.97 Å². The van der Waals surface area contributed by atoms with Crippen molar-refractivity contribution in [1.82, 2.24) is 29.9 Å². The molecule has 0 radical (unpaired) electrons. The maximum absolute atomic E-state index is 12.3. The number of Topliss-reactive ketones (excluding diaryl/α,β-unsaturated/α-hetero) is 3. The molecule has 0 unspecified atom stereocenters. The van der Waals surface area contributed by atoms with Gasteiger partial charge in [0.25, 0.3) is 33.7 Å². The van der Waals surface area contributed by atoms with Gasteiger partial charge in [-0.05, 0) is 99.4 Å². The third-order valence-corrected chi connectivity index (χ3v) is 15.9. The van der Waals surface area contributed by atoms with Crippen molar-refractivity contribution in [1.29, 1.82) is 0 Å². The molecule has 6 aromatic heterocycles. The summed E-state index contributed by atoms with van der Waals surface area (Å²) in [4.78, 5) is 106. The van der Waals surface area contributed by atoms with Crippen LogP contribution in [0, 0.1) is 6.92 Å². The minimum atomic E-state index is -0.750. The molecule has 0 aliphatic heterocycles. The van der Waals surface area contributed by atoms with Crippen LogP contribution in [-0.2, 0) is 25.6 Å². The standard InChI is InChI=1S/C15H14ClNO4S.C14H11ClN2O3S.C9H10ClNO2.C5H5NO3S.C5H7NOS.C4H2BrNO2S.C4H10O.C4H9O.CO2.K.Li.H2O/c1-8(18)9-4-5-13(20-2)14(16)10(9)6-12(19)11-7-22-15(17-11)21-3;1-19-11-4-3-7-10(18)5-8(16-13(7)12(11)15)9-6-21-14(17-9)20-2;1-5(12)6-3-4-7(13-2)8(10)9(6)11;1-8-5-6-4(2-10-5)9-3-7;1-4-3-8-5(6-4)7-2;5-4-6-3(1-9-4)8-2-7;2*1-4(2,3)5;2-1-3;;;/h4-5,7H,6H2,1-3H3;3-6H,1-2H3,(H,16,18);3-4H,11H2,1-2H3;2-3H,1H3;3H,1-2H3;1-2H;5H,1-3H3;1-3H3;;;;1H2/q;;;;;;;-1;;2*+1;/p-1. The van der Waals surface area contributed by atoms with Gasteiger partial charge in [0.15, 0.2) is 26.7 Å². The fourth-order valence-electron chi connectivity index (χ4n) is 6.27. The minimum absolute atomic E-state index is 0. The van der Waals surface area contributed by atoms with E-state index in [-0.39, 0.29) is 138 Å². The summed E-state index contributed by atoms with van der Waals surface area (Å²) >= 11 is 28.2. The molecular weight excluding hydrogens is 1540 g/mol. The second-order valence-corrected chi connectivity index (χ2v) is 26.2. The summed E-state index contributed by atoms with van der Waals surface area (Å²) in [6.45, 7) is 15.6. The van der Waals surface area contributed by atoms with Gasteiger partial charge in [-0.1, -0.05) is 101 Å². The number of carbonyl (C=O) groups excluding carboxylic acids is 7. The number of hydrogen-bond acceptors (Lipinski definition) is 31. The Labute approximate surface area is 668 Å². The first-order chi connectivity index (χ1) is 45.1. The first-order valence-electron chi connectivity index (χ1n) is 26.7. The van der Waals surface area contributed by atoms with Crippen LogP contribution in [0.1, 0.15) is 97.9 Å². The molecule has 0 spiro atoms. The van der Waals surface area contributed by atoms with Crippen molar-refractivity contribution in [3.05, 3.63) is 127 Å². The van der Waals surface area contributed by atoms with Crippen molar-refractivity contribution < 1.29 is 162 Å². The summed E-state index contributed by atoms with van der Waals surface area (Å²) in [5.74, 6) is 1.50. The van der Waals surface area contributed by atoms with Crippen molar-refractivity contribution in [2.75, 3.05) is 55.5 Å². The number of fused-ring (bicyclic) bond motifs is 1. The normalized spacial score (nSPS) is 9.64. The molecule has 9 aromatic rings. The van der Waals surface area contributed by atoms with E-state index >= 15 is 0 Å². The number of aryl methyl sites for hydroxylation is 1. The van der Waals surface area contributed by atoms with Gasteiger partial charge in [0.1, 0.15) is 38.7 Å². The smallest absolute Gasteiger partial charge is 0.870 e. The summed E-state index contributed by atoms with van der Waals surface area (Å²) in [5.41, 5.74) is 8.85. The Kier molecular flexibility index (Phi) is 49.7. The molecular formula is C61H69BrCl3KLiN7O20S5. The van der Waals surface area contributed by atoms with E-state index in [1.165, 1.54) is 112 Å². The van der Waals surface area contributed by atoms with Gasteiger partial charge in [-0.15, -0.1) is 16.9 Å². The third-order valence-electron chi connectivity index (χ3n) is 10.1. The zero-order valence-corrected chi connectivity index (χ0v) is 68.0. The molecule has 99 heavy (non-hydrogen) atoms. The number of nitrogens with one attached hydrogen (secondary N) is 1. The van der Waals surface area contributed by atoms with Crippen LogP contribution in [0.2, 0.25) is 15.1 Å². The topological polar surface area (TPSA) is 399 Å². The number of nitrogen functional groups attached to an aromatic ring is 1. The number of anilines is 1. The molecule has 0 fully saturated rings. The number of rotatable bonds is 17. The van der Waals surface area contributed by atoms with Crippen molar-refractivity contribution in [2.45, 2.75) is 79.9 Å². The van der Waals surface area contributed by atoms with Gasteiger partial charge >= 0.3 is 76.4 Å². The first-order valence-corrected chi connectivity index (χ1v) is 33.1. The number of aromatic amines is 1. The van der Waals surface area contributed by atoms with Gasteiger partial charge in [-0.2, -0.15) is 24.5 Å². The number of thiazole rings is 5. The number of pyridine rings is 1. The Balaban J connectivity index is -0.00000110. The van der Waals surface area contributed by atoms with Crippen LogP contribution in [0.5, 0.6) is 49.8 Å². The number of halogens is 4. The molecule has 0 aliphatic carbocycles. The van der Waals surface area contributed by atoms with Gasteiger partial charge < -0.3 is 69.0 Å². The van der Waals surface area contributed by atoms with Crippen molar-refractivity contribution >= 4 is 160 Å². The van der Waals surface area contributed by atoms with Crippen LogP contribution in [0.4, 0.5) is 5.69 Å². The van der Waals surface area contributed by atoms with Gasteiger partial charge in [0.05, 0.1) is 93.7 Å². The molecule has 9 rings (SSSR count). The van der Waals surface area contributed by atoms with E-state index in [9.17, 15) is 33.9 Å². The Hall–Kier alpha value is -5.79. The van der Waals surface area contributed by atoms with E-state index < -0.39 is 11.2 Å². The van der Waals surface area contributed by atoms with Gasteiger partial charge in [-0.3, -0.25) is 28.8 Å². The molecule has 38 heteroatoms. The summed E-state index contributed by atoms with van der Waals surface area (Å²) in [6.07, 6.45) is 0.220. The Morgan fingerprint density at radius 1 is 0.646 bits per heavy atom. The van der Waals surface area contributed by atoms with E-state index in [2.05, 4.69) is 55.3 Å². The van der Waals surface area contributed by atoms with E-state index in [4.69, 9.17) is 88.4 Å².